The van der Waals surface area contributed by atoms with Crippen LogP contribution >= 0.6 is 23.5 Å². The van der Waals surface area contributed by atoms with Crippen LogP contribution in [0.3, 0.4) is 0 Å². The first kappa shape index (κ1) is 20.4. The molecule has 1 aromatic heterocycles. The molecule has 1 aromatic carbocycles. The number of H-pyrrole nitrogens is 2. The summed E-state index contributed by atoms with van der Waals surface area (Å²) in [4.78, 5) is 10.4. The van der Waals surface area contributed by atoms with Gasteiger partial charge in [0, 0.05) is 26.6 Å². The van der Waals surface area contributed by atoms with E-state index in [1.165, 1.54) is 5.56 Å². The first-order valence-corrected chi connectivity index (χ1v) is 8.56. The molecule has 2 N–H and O–H groups in total. The van der Waals surface area contributed by atoms with Crippen molar-refractivity contribution in [2.75, 3.05) is 34.3 Å². The summed E-state index contributed by atoms with van der Waals surface area (Å²) < 4.78 is 22.5. The molecule has 24 heavy (non-hydrogen) atoms. The van der Waals surface area contributed by atoms with Crippen molar-refractivity contribution in [3.63, 3.8) is 0 Å². The number of nitrogens with one attached hydrogen (secondary N) is 2. The predicted octanol–water partition coefficient (Wildman–Crippen LogP) is 1.45. The highest BCUT2D eigenvalue weighted by Gasteiger charge is 2.00. The SMILES string of the molecule is CN=c1[nH][s+]([O-])[nH]c1=NCCCOc1cccc(CN(C)C)c1.Cl. The van der Waals surface area contributed by atoms with Crippen LogP contribution in [-0.4, -0.2) is 52.5 Å². The lowest BCUT2D eigenvalue weighted by Crippen LogP contribution is -2.25. The van der Waals surface area contributed by atoms with Gasteiger partial charge >= 0.3 is 0 Å². The third kappa shape index (κ3) is 6.48. The predicted molar refractivity (Wildman–Crippen MR) is 96.9 cm³/mol. The molecule has 0 amide bonds. The number of ether oxygens (including phenoxy) is 1. The Hall–Kier alpha value is -1.61. The molecule has 0 aliphatic carbocycles. The van der Waals surface area contributed by atoms with E-state index >= 15 is 0 Å². The number of aromatic nitrogens is 2. The third-order valence-electron chi connectivity index (χ3n) is 3.07. The lowest BCUT2D eigenvalue weighted by atomic mass is 10.2. The molecule has 0 spiro atoms. The Morgan fingerprint density at radius 3 is 2.71 bits per heavy atom. The number of rotatable bonds is 7. The molecule has 134 valence electrons. The van der Waals surface area contributed by atoms with Crippen LogP contribution in [0, 0.1) is 0 Å². The number of nitrogens with zero attached hydrogens (tertiary/aromatic N) is 3. The normalized spacial score (nSPS) is 13.3. The van der Waals surface area contributed by atoms with Crippen molar-refractivity contribution in [1.82, 2.24) is 13.6 Å². The average Bonchev–Trinajstić information content (AvgIpc) is 2.86. The molecule has 2 aromatic rings. The largest absolute Gasteiger partial charge is 0.549 e. The zero-order chi connectivity index (χ0) is 16.7. The summed E-state index contributed by atoms with van der Waals surface area (Å²) in [5.41, 5.74) is 2.29. The molecule has 0 saturated carbocycles. The number of halogens is 1. The Labute approximate surface area is 150 Å². The summed E-state index contributed by atoms with van der Waals surface area (Å²) in [6.45, 7) is 2.05. The maximum Gasteiger partial charge on any atom is 0.219 e. The molecular weight excluding hydrogens is 350 g/mol. The molecule has 1 heterocycles. The van der Waals surface area contributed by atoms with E-state index in [4.69, 9.17) is 4.74 Å². The Kier molecular flexibility index (Phi) is 8.77. The zero-order valence-electron chi connectivity index (χ0n) is 14.1. The first-order valence-electron chi connectivity index (χ1n) is 7.41. The van der Waals surface area contributed by atoms with Gasteiger partial charge in [0.2, 0.25) is 11.0 Å². The number of hydrogen-bond donors (Lipinski definition) is 2. The third-order valence-corrected chi connectivity index (χ3v) is 3.82. The summed E-state index contributed by atoms with van der Waals surface area (Å²) in [7, 11) is 5.71. The zero-order valence-corrected chi connectivity index (χ0v) is 15.7. The molecule has 9 heteroatoms. The molecule has 0 saturated heterocycles. The number of hydrogen-bond acceptors (Lipinski definition) is 5. The van der Waals surface area contributed by atoms with E-state index in [1.807, 2.05) is 26.2 Å². The van der Waals surface area contributed by atoms with E-state index in [0.717, 1.165) is 18.7 Å². The molecular formula is C15H24ClN5O2S. The maximum absolute atomic E-state index is 11.3. The summed E-state index contributed by atoms with van der Waals surface area (Å²) >= 11 is -1.32. The minimum atomic E-state index is -1.32. The van der Waals surface area contributed by atoms with Gasteiger partial charge in [-0.15, -0.1) is 12.4 Å². The lowest BCUT2D eigenvalue weighted by Gasteiger charge is -2.11. The Balaban J connectivity index is 0.00000288. The number of aromatic amines is 2. The van der Waals surface area contributed by atoms with Crippen LogP contribution < -0.4 is 15.7 Å². The van der Waals surface area contributed by atoms with E-state index in [0.29, 0.717) is 24.1 Å². The lowest BCUT2D eigenvalue weighted by molar-refractivity contribution is 0.312. The molecule has 0 aliphatic heterocycles. The highest BCUT2D eigenvalue weighted by Crippen LogP contribution is 2.14. The molecule has 1 unspecified atom stereocenters. The fourth-order valence-electron chi connectivity index (χ4n) is 2.10. The smallest absolute Gasteiger partial charge is 0.219 e. The van der Waals surface area contributed by atoms with Crippen molar-refractivity contribution in [3.05, 3.63) is 40.8 Å². The second-order valence-corrected chi connectivity index (χ2v) is 6.31. The highest BCUT2D eigenvalue weighted by molar-refractivity contribution is 7.13. The van der Waals surface area contributed by atoms with Gasteiger partial charge in [-0.1, -0.05) is 12.1 Å². The monoisotopic (exact) mass is 373 g/mol. The molecule has 0 radical (unpaired) electrons. The quantitative estimate of drug-likeness (QED) is 0.568. The van der Waals surface area contributed by atoms with Crippen molar-refractivity contribution in [2.24, 2.45) is 9.98 Å². The Bertz CT molecular complexity index is 751. The average molecular weight is 374 g/mol. The minimum absolute atomic E-state index is 0. The van der Waals surface area contributed by atoms with Crippen LogP contribution in [0.4, 0.5) is 0 Å². The standard InChI is InChI=1S/C15H23N5O2S.ClH/c1-16-14-15(19-23(21)18-14)17-8-5-9-22-13-7-4-6-12(10-13)11-20(2)3;/h4,6-7,10H,5,8-9,11H2,1-3H3,(H,16,18)(H,17,19);1H. The van der Waals surface area contributed by atoms with Crippen molar-refractivity contribution in [2.45, 2.75) is 13.0 Å². The first-order chi connectivity index (χ1) is 11.1. The molecule has 0 bridgehead atoms. The Morgan fingerprint density at radius 1 is 1.25 bits per heavy atom. The van der Waals surface area contributed by atoms with Gasteiger partial charge in [-0.3, -0.25) is 9.98 Å². The summed E-state index contributed by atoms with van der Waals surface area (Å²) in [6, 6.07) is 8.10. The van der Waals surface area contributed by atoms with Gasteiger partial charge < -0.3 is 14.2 Å². The van der Waals surface area contributed by atoms with Crippen molar-refractivity contribution in [3.8, 4) is 5.75 Å². The van der Waals surface area contributed by atoms with E-state index in [9.17, 15) is 4.55 Å². The fourth-order valence-corrected chi connectivity index (χ4v) is 2.85. The molecule has 1 atom stereocenters. The molecule has 0 aliphatic rings. The minimum Gasteiger partial charge on any atom is -0.549 e. The van der Waals surface area contributed by atoms with E-state index in [-0.39, 0.29) is 12.4 Å². The highest BCUT2D eigenvalue weighted by atomic mass is 35.5. The van der Waals surface area contributed by atoms with Gasteiger partial charge in [0.25, 0.3) is 0 Å². The second-order valence-electron chi connectivity index (χ2n) is 5.36. The summed E-state index contributed by atoms with van der Waals surface area (Å²) in [5.74, 6) is 0.870. The van der Waals surface area contributed by atoms with E-state index < -0.39 is 11.1 Å². The van der Waals surface area contributed by atoms with E-state index in [2.05, 4.69) is 35.8 Å². The molecule has 7 nitrogen and oxygen atoms in total. The van der Waals surface area contributed by atoms with Gasteiger partial charge in [0.05, 0.1) is 6.61 Å². The van der Waals surface area contributed by atoms with E-state index in [1.54, 1.807) is 7.05 Å². The van der Waals surface area contributed by atoms with Crippen molar-refractivity contribution >= 4 is 23.5 Å². The molecule has 0 fully saturated rings. The van der Waals surface area contributed by atoms with Crippen molar-refractivity contribution in [1.29, 1.82) is 0 Å². The summed E-state index contributed by atoms with van der Waals surface area (Å²) in [6.07, 6.45) is 0.771. The van der Waals surface area contributed by atoms with Crippen LogP contribution in [0.25, 0.3) is 0 Å². The van der Waals surface area contributed by atoms with Gasteiger partial charge in [-0.05, 0) is 31.8 Å². The fraction of sp³-hybridized carbons (Fsp3) is 0.467. The van der Waals surface area contributed by atoms with Crippen molar-refractivity contribution < 1.29 is 9.29 Å². The van der Waals surface area contributed by atoms with Gasteiger partial charge in [0.15, 0.2) is 0 Å². The maximum atomic E-state index is 11.3. The van der Waals surface area contributed by atoms with Crippen LogP contribution in [-0.2, 0) is 6.54 Å². The van der Waals surface area contributed by atoms with Gasteiger partial charge in [-0.2, -0.15) is 8.75 Å². The van der Waals surface area contributed by atoms with Crippen LogP contribution in [0.2, 0.25) is 0 Å². The topological polar surface area (TPSA) is 91.8 Å². The Morgan fingerprint density at radius 2 is 2.00 bits per heavy atom. The van der Waals surface area contributed by atoms with Gasteiger partial charge in [0.1, 0.15) is 16.9 Å². The second kappa shape index (κ2) is 10.3. The number of benzene rings is 1. The summed E-state index contributed by atoms with van der Waals surface area (Å²) in [5, 5.41) is 0. The van der Waals surface area contributed by atoms with Crippen LogP contribution in [0.1, 0.15) is 12.0 Å². The molecule has 2 rings (SSSR count). The van der Waals surface area contributed by atoms with Crippen LogP contribution in [0.15, 0.2) is 34.3 Å². The van der Waals surface area contributed by atoms with Gasteiger partial charge in [-0.25, -0.2) is 0 Å². The van der Waals surface area contributed by atoms with Crippen LogP contribution in [0.5, 0.6) is 5.75 Å².